The second-order valence-electron chi connectivity index (χ2n) is 4.13. The zero-order chi connectivity index (χ0) is 10.8. The summed E-state index contributed by atoms with van der Waals surface area (Å²) < 4.78 is 0. The molecule has 1 heterocycles. The number of amides is 2. The fourth-order valence-corrected chi connectivity index (χ4v) is 2.60. The predicted molar refractivity (Wildman–Crippen MR) is 58.3 cm³/mol. The van der Waals surface area contributed by atoms with Crippen LogP contribution in [0.4, 0.5) is 4.79 Å². The van der Waals surface area contributed by atoms with Crippen LogP contribution in [-0.2, 0) is 0 Å². The van der Waals surface area contributed by atoms with Crippen molar-refractivity contribution in [3.63, 3.8) is 0 Å². The second kappa shape index (κ2) is 4.20. The highest BCUT2D eigenvalue weighted by Gasteiger charge is 2.47. The topological polar surface area (TPSA) is 23.6 Å². The van der Waals surface area contributed by atoms with Crippen LogP contribution in [0.5, 0.6) is 0 Å². The fourth-order valence-electron chi connectivity index (χ4n) is 2.60. The summed E-state index contributed by atoms with van der Waals surface area (Å²) >= 11 is 0. The van der Waals surface area contributed by atoms with E-state index in [9.17, 15) is 4.79 Å². The van der Waals surface area contributed by atoms with Crippen molar-refractivity contribution in [3.8, 4) is 0 Å². The van der Waals surface area contributed by atoms with Gasteiger partial charge in [0.05, 0.1) is 5.54 Å². The van der Waals surface area contributed by atoms with E-state index in [4.69, 9.17) is 0 Å². The van der Waals surface area contributed by atoms with Crippen molar-refractivity contribution in [1.29, 1.82) is 0 Å². The van der Waals surface area contributed by atoms with Crippen molar-refractivity contribution in [1.82, 2.24) is 9.80 Å². The molecule has 0 atom stereocenters. The number of hydrogen-bond acceptors (Lipinski definition) is 1. The van der Waals surface area contributed by atoms with Gasteiger partial charge in [-0.1, -0.05) is 26.7 Å². The number of hydrogen-bond donors (Lipinski definition) is 0. The third-order valence-corrected chi connectivity index (χ3v) is 3.39. The van der Waals surface area contributed by atoms with Crippen LogP contribution in [0.1, 0.15) is 39.5 Å². The number of carbonyl (C=O) groups excluding carboxylic acids is 1. The first kappa shape index (κ1) is 11.3. The molecule has 1 aliphatic carbocycles. The van der Waals surface area contributed by atoms with Crippen molar-refractivity contribution in [2.75, 3.05) is 20.6 Å². The molecule has 2 fully saturated rings. The predicted octanol–water partition coefficient (Wildman–Crippen LogP) is 2.32. The van der Waals surface area contributed by atoms with E-state index in [1.807, 2.05) is 37.7 Å². The molecule has 0 radical (unpaired) electrons. The van der Waals surface area contributed by atoms with Gasteiger partial charge in [0.25, 0.3) is 0 Å². The summed E-state index contributed by atoms with van der Waals surface area (Å²) in [5.41, 5.74) is 0.200. The van der Waals surface area contributed by atoms with Gasteiger partial charge in [-0.15, -0.1) is 0 Å². The molecular weight excluding hydrogens is 176 g/mol. The molecule has 82 valence electrons. The first-order valence-electron chi connectivity index (χ1n) is 5.65. The highest BCUT2D eigenvalue weighted by atomic mass is 16.2. The molecule has 0 N–H and O–H groups in total. The van der Waals surface area contributed by atoms with E-state index in [1.54, 1.807) is 0 Å². The minimum atomic E-state index is 0.192. The van der Waals surface area contributed by atoms with Crippen LogP contribution in [0, 0.1) is 0 Å². The summed E-state index contributed by atoms with van der Waals surface area (Å²) in [5, 5.41) is 0. The quantitative estimate of drug-likeness (QED) is 0.586. The standard InChI is InChI=1S/C9H16N2O.C2H6/c1-10-7-9(5-3-4-6-9)11(2)8(10)12;1-2/h3-7H2,1-2H3;1-2H3. The summed E-state index contributed by atoms with van der Waals surface area (Å²) in [7, 11) is 3.84. The maximum Gasteiger partial charge on any atom is 0.320 e. The van der Waals surface area contributed by atoms with Gasteiger partial charge in [0, 0.05) is 20.6 Å². The molecular formula is C11H22N2O. The lowest BCUT2D eigenvalue weighted by atomic mass is 9.98. The molecule has 1 saturated carbocycles. The Hall–Kier alpha value is -0.730. The molecule has 0 aromatic carbocycles. The summed E-state index contributed by atoms with van der Waals surface area (Å²) in [6, 6.07) is 0.192. The highest BCUT2D eigenvalue weighted by molar-refractivity contribution is 5.77. The molecule has 14 heavy (non-hydrogen) atoms. The van der Waals surface area contributed by atoms with Gasteiger partial charge in [0.15, 0.2) is 0 Å². The van der Waals surface area contributed by atoms with E-state index in [2.05, 4.69) is 0 Å². The van der Waals surface area contributed by atoms with E-state index in [0.717, 1.165) is 6.54 Å². The van der Waals surface area contributed by atoms with Gasteiger partial charge in [0.2, 0.25) is 0 Å². The highest BCUT2D eigenvalue weighted by Crippen LogP contribution is 2.38. The Morgan fingerprint density at radius 3 is 2.00 bits per heavy atom. The van der Waals surface area contributed by atoms with E-state index < -0.39 is 0 Å². The molecule has 1 saturated heterocycles. The van der Waals surface area contributed by atoms with Crippen LogP contribution in [-0.4, -0.2) is 42.0 Å². The zero-order valence-electron chi connectivity index (χ0n) is 9.84. The minimum Gasteiger partial charge on any atom is -0.325 e. The number of rotatable bonds is 0. The molecule has 0 aromatic heterocycles. The van der Waals surface area contributed by atoms with Crippen LogP contribution in [0.15, 0.2) is 0 Å². The Morgan fingerprint density at radius 2 is 1.64 bits per heavy atom. The SMILES string of the molecule is CC.CN1CC2(CCCC2)N(C)C1=O. The number of carbonyl (C=O) groups is 1. The van der Waals surface area contributed by atoms with Crippen molar-refractivity contribution >= 4 is 6.03 Å². The van der Waals surface area contributed by atoms with Gasteiger partial charge >= 0.3 is 6.03 Å². The minimum absolute atomic E-state index is 0.192. The van der Waals surface area contributed by atoms with Crippen LogP contribution in [0.3, 0.4) is 0 Å². The number of nitrogens with zero attached hydrogens (tertiary/aromatic N) is 2. The van der Waals surface area contributed by atoms with Crippen LogP contribution in [0.25, 0.3) is 0 Å². The lowest BCUT2D eigenvalue weighted by molar-refractivity contribution is 0.179. The third kappa shape index (κ3) is 1.60. The number of likely N-dealkylation sites (N-methyl/N-ethyl adjacent to an activating group) is 2. The van der Waals surface area contributed by atoms with Crippen LogP contribution in [0.2, 0.25) is 0 Å². The largest absolute Gasteiger partial charge is 0.325 e. The molecule has 1 aliphatic heterocycles. The normalized spacial score (nSPS) is 24.1. The van der Waals surface area contributed by atoms with Crippen molar-refractivity contribution in [2.24, 2.45) is 0 Å². The molecule has 3 nitrogen and oxygen atoms in total. The first-order valence-corrected chi connectivity index (χ1v) is 5.65. The van der Waals surface area contributed by atoms with Gasteiger partial charge in [-0.2, -0.15) is 0 Å². The monoisotopic (exact) mass is 198 g/mol. The van der Waals surface area contributed by atoms with Gasteiger partial charge < -0.3 is 9.80 Å². The molecule has 2 amide bonds. The molecule has 1 spiro atoms. The molecule has 0 unspecified atom stereocenters. The van der Waals surface area contributed by atoms with Crippen LogP contribution < -0.4 is 0 Å². The third-order valence-electron chi connectivity index (χ3n) is 3.39. The van der Waals surface area contributed by atoms with Crippen molar-refractivity contribution in [2.45, 2.75) is 45.1 Å². The van der Waals surface area contributed by atoms with Gasteiger partial charge in [-0.3, -0.25) is 0 Å². The Kier molecular flexibility index (Phi) is 3.40. The molecule has 3 heteroatoms. The molecule has 2 aliphatic rings. The van der Waals surface area contributed by atoms with E-state index in [0.29, 0.717) is 0 Å². The average Bonchev–Trinajstić information content (AvgIpc) is 2.74. The summed E-state index contributed by atoms with van der Waals surface area (Å²) in [4.78, 5) is 15.3. The van der Waals surface area contributed by atoms with Gasteiger partial charge in [0.1, 0.15) is 0 Å². The fraction of sp³-hybridized carbons (Fsp3) is 0.909. The Labute approximate surface area is 87.1 Å². The molecule has 2 rings (SSSR count). The zero-order valence-corrected chi connectivity index (χ0v) is 9.84. The summed E-state index contributed by atoms with van der Waals surface area (Å²) in [5.74, 6) is 0. The maximum atomic E-state index is 11.5. The van der Waals surface area contributed by atoms with Gasteiger partial charge in [-0.25, -0.2) is 4.79 Å². The average molecular weight is 198 g/mol. The summed E-state index contributed by atoms with van der Waals surface area (Å²) in [6.07, 6.45) is 4.95. The first-order chi connectivity index (χ1) is 6.66. The van der Waals surface area contributed by atoms with E-state index in [1.165, 1.54) is 25.7 Å². The molecule has 0 aromatic rings. The second-order valence-corrected chi connectivity index (χ2v) is 4.13. The summed E-state index contributed by atoms with van der Waals surface area (Å²) in [6.45, 7) is 4.93. The maximum absolute atomic E-state index is 11.5. The van der Waals surface area contributed by atoms with Crippen LogP contribution >= 0.6 is 0 Å². The van der Waals surface area contributed by atoms with Crippen molar-refractivity contribution < 1.29 is 4.79 Å². The number of urea groups is 1. The lowest BCUT2D eigenvalue weighted by Crippen LogP contribution is -2.41. The Balaban J connectivity index is 0.000000461. The Morgan fingerprint density at radius 1 is 1.14 bits per heavy atom. The Bertz CT molecular complexity index is 209. The van der Waals surface area contributed by atoms with E-state index >= 15 is 0 Å². The van der Waals surface area contributed by atoms with Crippen molar-refractivity contribution in [3.05, 3.63) is 0 Å². The lowest BCUT2D eigenvalue weighted by Gasteiger charge is -2.29. The van der Waals surface area contributed by atoms with E-state index in [-0.39, 0.29) is 11.6 Å². The van der Waals surface area contributed by atoms with Gasteiger partial charge in [-0.05, 0) is 12.8 Å². The smallest absolute Gasteiger partial charge is 0.320 e. The molecule has 0 bridgehead atoms.